The highest BCUT2D eigenvalue weighted by Crippen LogP contribution is 2.32. The van der Waals surface area contributed by atoms with Gasteiger partial charge in [0.15, 0.2) is 0 Å². The zero-order chi connectivity index (χ0) is 21.2. The van der Waals surface area contributed by atoms with Gasteiger partial charge in [-0.2, -0.15) is 0 Å². The van der Waals surface area contributed by atoms with Crippen LogP contribution in [0.25, 0.3) is 0 Å². The molecule has 0 radical (unpaired) electrons. The van der Waals surface area contributed by atoms with Crippen LogP contribution in [0, 0.1) is 5.92 Å². The van der Waals surface area contributed by atoms with Gasteiger partial charge in [0.1, 0.15) is 6.33 Å². The summed E-state index contributed by atoms with van der Waals surface area (Å²) in [7, 11) is 0. The molecule has 1 aliphatic rings. The highest BCUT2D eigenvalue weighted by molar-refractivity contribution is 5.92. The lowest BCUT2D eigenvalue weighted by atomic mass is 9.83. The van der Waals surface area contributed by atoms with Crippen LogP contribution in [0.15, 0.2) is 36.8 Å². The summed E-state index contributed by atoms with van der Waals surface area (Å²) in [6.07, 6.45) is 12.2. The summed E-state index contributed by atoms with van der Waals surface area (Å²) in [4.78, 5) is 20.4. The fourth-order valence-corrected chi connectivity index (χ4v) is 4.07. The van der Waals surface area contributed by atoms with Crippen LogP contribution in [0.2, 0.25) is 0 Å². The number of aromatic nitrogens is 2. The topological polar surface area (TPSA) is 76.1 Å². The minimum atomic E-state index is -0.300. The van der Waals surface area contributed by atoms with E-state index in [9.17, 15) is 4.79 Å². The number of hydrogen-bond donors (Lipinski definition) is 2. The molecule has 1 aromatic carbocycles. The molecular formula is C24H34N4O2. The molecule has 0 saturated heterocycles. The first kappa shape index (κ1) is 22.1. The maximum atomic E-state index is 12.2. The average molecular weight is 411 g/mol. The lowest BCUT2D eigenvalue weighted by molar-refractivity contribution is 0.0526. The summed E-state index contributed by atoms with van der Waals surface area (Å²) in [5.41, 5.74) is 3.37. The van der Waals surface area contributed by atoms with Crippen LogP contribution in [-0.2, 0) is 11.3 Å². The van der Waals surface area contributed by atoms with Crippen molar-refractivity contribution in [3.8, 4) is 0 Å². The maximum absolute atomic E-state index is 12.2. The Morgan fingerprint density at radius 3 is 2.67 bits per heavy atom. The van der Waals surface area contributed by atoms with Gasteiger partial charge >= 0.3 is 5.97 Å². The number of carbonyl (C=O) groups is 1. The van der Waals surface area contributed by atoms with Gasteiger partial charge in [-0.25, -0.2) is 14.8 Å². The van der Waals surface area contributed by atoms with Gasteiger partial charge in [-0.15, -0.1) is 0 Å². The van der Waals surface area contributed by atoms with Gasteiger partial charge in [-0.3, -0.25) is 0 Å². The van der Waals surface area contributed by atoms with Crippen LogP contribution >= 0.6 is 0 Å². The van der Waals surface area contributed by atoms with Gasteiger partial charge in [-0.05, 0) is 62.8 Å². The monoisotopic (exact) mass is 410 g/mol. The number of ether oxygens (including phenoxy) is 1. The number of rotatable bonds is 10. The molecule has 30 heavy (non-hydrogen) atoms. The van der Waals surface area contributed by atoms with E-state index >= 15 is 0 Å². The molecule has 1 aliphatic carbocycles. The molecule has 0 bridgehead atoms. The summed E-state index contributed by atoms with van der Waals surface area (Å²) in [5.74, 6) is 0.579. The van der Waals surface area contributed by atoms with Gasteiger partial charge in [0.2, 0.25) is 0 Å². The van der Waals surface area contributed by atoms with Gasteiger partial charge in [0, 0.05) is 12.2 Å². The number of nitrogens with one attached hydrogen (secondary N) is 2. The Morgan fingerprint density at radius 2 is 1.97 bits per heavy atom. The molecule has 0 aliphatic heterocycles. The van der Waals surface area contributed by atoms with Crippen LogP contribution in [0.4, 0.5) is 11.4 Å². The molecule has 1 heterocycles. The summed E-state index contributed by atoms with van der Waals surface area (Å²) >= 11 is 0. The first-order valence-corrected chi connectivity index (χ1v) is 11.3. The molecule has 6 nitrogen and oxygen atoms in total. The molecule has 1 saturated carbocycles. The van der Waals surface area contributed by atoms with Crippen molar-refractivity contribution in [3.05, 3.63) is 48.0 Å². The second kappa shape index (κ2) is 11.5. The minimum Gasteiger partial charge on any atom is -0.462 e. The molecule has 2 N–H and O–H groups in total. The number of unbranched alkanes of at least 4 members (excludes halogenated alkanes) is 1. The summed E-state index contributed by atoms with van der Waals surface area (Å²) < 4.78 is 5.17. The van der Waals surface area contributed by atoms with Crippen molar-refractivity contribution in [2.45, 2.75) is 71.4 Å². The molecule has 3 rings (SSSR count). The number of benzene rings is 1. The van der Waals surface area contributed by atoms with Crippen molar-refractivity contribution in [3.63, 3.8) is 0 Å². The SMILES string of the molecule is CCCCC1CCC(Nc2ccc(C(=O)OCC)cc2NCc2ccncn2)CC1. The molecule has 2 aromatic rings. The van der Waals surface area contributed by atoms with Crippen LogP contribution < -0.4 is 10.6 Å². The van der Waals surface area contributed by atoms with Gasteiger partial charge < -0.3 is 15.4 Å². The van der Waals surface area contributed by atoms with E-state index in [1.165, 1.54) is 44.9 Å². The molecule has 6 heteroatoms. The molecular weight excluding hydrogens is 376 g/mol. The number of carbonyl (C=O) groups excluding carboxylic acids is 1. The van der Waals surface area contributed by atoms with E-state index in [4.69, 9.17) is 4.74 Å². The van der Waals surface area contributed by atoms with Crippen LogP contribution in [-0.4, -0.2) is 28.6 Å². The fraction of sp³-hybridized carbons (Fsp3) is 0.542. The van der Waals surface area contributed by atoms with E-state index in [2.05, 4.69) is 27.5 Å². The molecule has 0 unspecified atom stereocenters. The third-order valence-electron chi connectivity index (χ3n) is 5.81. The third-order valence-corrected chi connectivity index (χ3v) is 5.81. The zero-order valence-electron chi connectivity index (χ0n) is 18.2. The van der Waals surface area contributed by atoms with Gasteiger partial charge in [0.25, 0.3) is 0 Å². The van der Waals surface area contributed by atoms with Crippen molar-refractivity contribution >= 4 is 17.3 Å². The lowest BCUT2D eigenvalue weighted by Crippen LogP contribution is -2.26. The van der Waals surface area contributed by atoms with Gasteiger partial charge in [0.05, 0.1) is 35.8 Å². The van der Waals surface area contributed by atoms with E-state index < -0.39 is 0 Å². The first-order chi connectivity index (χ1) is 14.7. The number of esters is 1. The predicted octanol–water partition coefficient (Wildman–Crippen LogP) is 5.43. The van der Waals surface area contributed by atoms with Crippen LogP contribution in [0.5, 0.6) is 0 Å². The normalized spacial score (nSPS) is 18.6. The quantitative estimate of drug-likeness (QED) is 0.509. The van der Waals surface area contributed by atoms with Crippen molar-refractivity contribution < 1.29 is 9.53 Å². The second-order valence-electron chi connectivity index (χ2n) is 8.04. The molecule has 0 atom stereocenters. The number of hydrogen-bond acceptors (Lipinski definition) is 6. The largest absolute Gasteiger partial charge is 0.462 e. The number of nitrogens with zero attached hydrogens (tertiary/aromatic N) is 2. The highest BCUT2D eigenvalue weighted by atomic mass is 16.5. The van der Waals surface area contributed by atoms with E-state index in [-0.39, 0.29) is 5.97 Å². The number of anilines is 2. The Hall–Kier alpha value is -2.63. The van der Waals surface area contributed by atoms with Crippen molar-refractivity contribution in [2.24, 2.45) is 5.92 Å². The summed E-state index contributed by atoms with van der Waals surface area (Å²) in [5, 5.41) is 7.15. The van der Waals surface area contributed by atoms with E-state index in [1.54, 1.807) is 12.5 Å². The van der Waals surface area contributed by atoms with Crippen LogP contribution in [0.3, 0.4) is 0 Å². The molecule has 1 aromatic heterocycles. The second-order valence-corrected chi connectivity index (χ2v) is 8.04. The zero-order valence-corrected chi connectivity index (χ0v) is 18.2. The lowest BCUT2D eigenvalue weighted by Gasteiger charge is -2.30. The fourth-order valence-electron chi connectivity index (χ4n) is 4.07. The summed E-state index contributed by atoms with van der Waals surface area (Å²) in [6, 6.07) is 8.04. The molecule has 0 spiro atoms. The van der Waals surface area contributed by atoms with Crippen molar-refractivity contribution in [2.75, 3.05) is 17.2 Å². The van der Waals surface area contributed by atoms with Crippen LogP contribution in [0.1, 0.15) is 74.8 Å². The van der Waals surface area contributed by atoms with Crippen molar-refractivity contribution in [1.29, 1.82) is 0 Å². The van der Waals surface area contributed by atoms with E-state index in [0.717, 1.165) is 23.0 Å². The van der Waals surface area contributed by atoms with E-state index in [1.807, 2.05) is 31.2 Å². The average Bonchev–Trinajstić information content (AvgIpc) is 2.78. The highest BCUT2D eigenvalue weighted by Gasteiger charge is 2.21. The maximum Gasteiger partial charge on any atom is 0.338 e. The Bertz CT molecular complexity index is 789. The molecule has 1 fully saturated rings. The third kappa shape index (κ3) is 6.44. The molecule has 162 valence electrons. The summed E-state index contributed by atoms with van der Waals surface area (Å²) in [6.45, 7) is 5.01. The minimum absolute atomic E-state index is 0.300. The van der Waals surface area contributed by atoms with Gasteiger partial charge in [-0.1, -0.05) is 26.2 Å². The Kier molecular flexibility index (Phi) is 8.48. The van der Waals surface area contributed by atoms with E-state index in [0.29, 0.717) is 24.8 Å². The standard InChI is InChI=1S/C24H34N4O2/c1-3-5-6-18-7-10-20(11-8-18)28-22-12-9-19(24(29)30-4-2)15-23(22)26-16-21-13-14-25-17-27-21/h9,12-15,17-18,20,26,28H,3-8,10-11,16H2,1-2H3. The Morgan fingerprint density at radius 1 is 1.13 bits per heavy atom. The Balaban J connectivity index is 1.68. The predicted molar refractivity (Wildman–Crippen MR) is 121 cm³/mol. The smallest absolute Gasteiger partial charge is 0.338 e. The first-order valence-electron chi connectivity index (χ1n) is 11.3. The van der Waals surface area contributed by atoms with Crippen molar-refractivity contribution in [1.82, 2.24) is 9.97 Å². The molecule has 0 amide bonds. The Labute approximate surface area is 179 Å².